The van der Waals surface area contributed by atoms with Crippen LogP contribution in [0.2, 0.25) is 0 Å². The molecule has 0 unspecified atom stereocenters. The average molecular weight is 282 g/mol. The van der Waals surface area contributed by atoms with Gasteiger partial charge in [0.05, 0.1) is 5.84 Å². The van der Waals surface area contributed by atoms with E-state index in [2.05, 4.69) is 37.5 Å². The monoisotopic (exact) mass is 282 g/mol. The van der Waals surface area contributed by atoms with Gasteiger partial charge in [-0.25, -0.2) is 0 Å². The van der Waals surface area contributed by atoms with Gasteiger partial charge in [-0.3, -0.25) is 5.41 Å². The van der Waals surface area contributed by atoms with E-state index in [0.29, 0.717) is 5.84 Å². The van der Waals surface area contributed by atoms with Crippen LogP contribution in [0.1, 0.15) is 47.0 Å². The number of hydrogen-bond donors (Lipinski definition) is 2. The maximum Gasteiger partial charge on any atom is 0.0963 e. The molecule has 4 heteroatoms. The van der Waals surface area contributed by atoms with Crippen molar-refractivity contribution in [1.82, 2.24) is 9.80 Å². The Morgan fingerprint density at radius 1 is 1.10 bits per heavy atom. The lowest BCUT2D eigenvalue weighted by molar-refractivity contribution is 0.120. The summed E-state index contributed by atoms with van der Waals surface area (Å²) in [6, 6.07) is 0. The molecular weight excluding hydrogens is 248 g/mol. The molecule has 0 aromatic carbocycles. The maximum absolute atomic E-state index is 7.57. The molecule has 1 aliphatic rings. The first-order valence-electron chi connectivity index (χ1n) is 8.10. The average Bonchev–Trinajstić information content (AvgIpc) is 2.35. The van der Waals surface area contributed by atoms with Gasteiger partial charge in [-0.2, -0.15) is 0 Å². The minimum absolute atomic E-state index is 0.129. The normalized spacial score (nSPS) is 18.6. The number of nitrogens with zero attached hydrogens (tertiary/aromatic N) is 2. The summed E-state index contributed by atoms with van der Waals surface area (Å²) in [4.78, 5) is 5.16. The highest BCUT2D eigenvalue weighted by Crippen LogP contribution is 2.22. The largest absolute Gasteiger partial charge is 0.387 e. The standard InChI is InChI=1S/C16H34N4/c1-14(2)13-20-11-9-19(10-12-20)8-6-5-7-16(3,4)15(17)18/h14H,5-13H2,1-4H3,(H3,17,18). The van der Waals surface area contributed by atoms with E-state index >= 15 is 0 Å². The molecule has 0 atom stereocenters. The summed E-state index contributed by atoms with van der Waals surface area (Å²) in [7, 11) is 0. The molecule has 118 valence electrons. The Labute approximate surface area is 125 Å². The molecule has 1 fully saturated rings. The Balaban J connectivity index is 2.11. The summed E-state index contributed by atoms with van der Waals surface area (Å²) in [5, 5.41) is 7.57. The first-order chi connectivity index (χ1) is 9.31. The van der Waals surface area contributed by atoms with Crippen LogP contribution in [-0.2, 0) is 0 Å². The van der Waals surface area contributed by atoms with Gasteiger partial charge in [0.1, 0.15) is 0 Å². The zero-order valence-corrected chi connectivity index (χ0v) is 13.9. The van der Waals surface area contributed by atoms with E-state index in [1.54, 1.807) is 0 Å². The fourth-order valence-electron chi connectivity index (χ4n) is 2.75. The fourth-order valence-corrected chi connectivity index (χ4v) is 2.75. The third kappa shape index (κ3) is 6.23. The molecule has 1 aliphatic heterocycles. The molecule has 1 heterocycles. The van der Waals surface area contributed by atoms with E-state index in [4.69, 9.17) is 11.1 Å². The van der Waals surface area contributed by atoms with Crippen LogP contribution < -0.4 is 5.73 Å². The van der Waals surface area contributed by atoms with Gasteiger partial charge in [0.25, 0.3) is 0 Å². The third-order valence-electron chi connectivity index (χ3n) is 4.34. The number of nitrogens with two attached hydrogens (primary N) is 1. The highest BCUT2D eigenvalue weighted by Gasteiger charge is 2.21. The SMILES string of the molecule is CC(C)CN1CCN(CCCCC(C)(C)C(=N)N)CC1. The van der Waals surface area contributed by atoms with E-state index in [1.165, 1.54) is 52.1 Å². The molecule has 1 rings (SSSR count). The maximum atomic E-state index is 7.57. The van der Waals surface area contributed by atoms with E-state index in [-0.39, 0.29) is 5.41 Å². The van der Waals surface area contributed by atoms with Crippen LogP contribution in [0, 0.1) is 16.7 Å². The highest BCUT2D eigenvalue weighted by molar-refractivity contribution is 5.82. The Kier molecular flexibility index (Phi) is 6.96. The Morgan fingerprint density at radius 3 is 2.15 bits per heavy atom. The molecule has 0 radical (unpaired) electrons. The summed E-state index contributed by atoms with van der Waals surface area (Å²) < 4.78 is 0. The highest BCUT2D eigenvalue weighted by atomic mass is 15.3. The van der Waals surface area contributed by atoms with Crippen LogP contribution in [0.25, 0.3) is 0 Å². The number of piperazine rings is 1. The minimum atomic E-state index is -0.129. The molecular formula is C16H34N4. The van der Waals surface area contributed by atoms with Gasteiger partial charge in [-0.15, -0.1) is 0 Å². The van der Waals surface area contributed by atoms with E-state index in [1.807, 2.05) is 0 Å². The second-order valence-corrected chi connectivity index (χ2v) is 7.29. The van der Waals surface area contributed by atoms with E-state index < -0.39 is 0 Å². The predicted octanol–water partition coefficient (Wildman–Crippen LogP) is 2.39. The third-order valence-corrected chi connectivity index (χ3v) is 4.34. The van der Waals surface area contributed by atoms with Crippen molar-refractivity contribution in [3.05, 3.63) is 0 Å². The second-order valence-electron chi connectivity index (χ2n) is 7.29. The summed E-state index contributed by atoms with van der Waals surface area (Å²) in [5.74, 6) is 1.09. The molecule has 1 saturated heterocycles. The molecule has 20 heavy (non-hydrogen) atoms. The number of hydrogen-bond acceptors (Lipinski definition) is 3. The van der Waals surface area contributed by atoms with Gasteiger partial charge in [0, 0.05) is 38.1 Å². The quantitative estimate of drug-likeness (QED) is 0.408. The summed E-state index contributed by atoms with van der Waals surface area (Å²) in [5.41, 5.74) is 5.49. The number of rotatable bonds is 8. The van der Waals surface area contributed by atoms with Crippen molar-refractivity contribution < 1.29 is 0 Å². The topological polar surface area (TPSA) is 56.4 Å². The molecule has 4 nitrogen and oxygen atoms in total. The van der Waals surface area contributed by atoms with E-state index in [9.17, 15) is 0 Å². The van der Waals surface area contributed by atoms with Crippen LogP contribution in [-0.4, -0.2) is 54.9 Å². The smallest absolute Gasteiger partial charge is 0.0963 e. The molecule has 3 N–H and O–H groups in total. The lowest BCUT2D eigenvalue weighted by Crippen LogP contribution is -2.47. The first-order valence-corrected chi connectivity index (χ1v) is 8.10. The van der Waals surface area contributed by atoms with Gasteiger partial charge in [-0.1, -0.05) is 34.1 Å². The molecule has 0 saturated carbocycles. The number of unbranched alkanes of at least 4 members (excludes halogenated alkanes) is 1. The van der Waals surface area contributed by atoms with Crippen LogP contribution >= 0.6 is 0 Å². The lowest BCUT2D eigenvalue weighted by atomic mass is 9.86. The molecule has 0 spiro atoms. The van der Waals surface area contributed by atoms with Crippen LogP contribution in [0.4, 0.5) is 0 Å². The van der Waals surface area contributed by atoms with Crippen molar-refractivity contribution in [3.63, 3.8) is 0 Å². The minimum Gasteiger partial charge on any atom is -0.387 e. The Bertz CT molecular complexity index is 291. The van der Waals surface area contributed by atoms with Crippen molar-refractivity contribution in [2.24, 2.45) is 17.1 Å². The zero-order valence-electron chi connectivity index (χ0n) is 13.9. The first kappa shape index (κ1) is 17.4. The van der Waals surface area contributed by atoms with Crippen molar-refractivity contribution in [1.29, 1.82) is 5.41 Å². The van der Waals surface area contributed by atoms with Crippen molar-refractivity contribution in [3.8, 4) is 0 Å². The van der Waals surface area contributed by atoms with Crippen LogP contribution in [0.5, 0.6) is 0 Å². The Morgan fingerprint density at radius 2 is 1.65 bits per heavy atom. The summed E-state index contributed by atoms with van der Waals surface area (Å²) >= 11 is 0. The number of amidine groups is 1. The summed E-state index contributed by atoms with van der Waals surface area (Å²) in [6.07, 6.45) is 3.41. The van der Waals surface area contributed by atoms with Crippen molar-refractivity contribution in [2.45, 2.75) is 47.0 Å². The lowest BCUT2D eigenvalue weighted by Gasteiger charge is -2.35. The summed E-state index contributed by atoms with van der Waals surface area (Å²) in [6.45, 7) is 16.0. The van der Waals surface area contributed by atoms with Gasteiger partial charge in [-0.05, 0) is 25.3 Å². The molecule has 0 bridgehead atoms. The predicted molar refractivity (Wildman–Crippen MR) is 87.3 cm³/mol. The van der Waals surface area contributed by atoms with E-state index in [0.717, 1.165) is 12.3 Å². The van der Waals surface area contributed by atoms with Crippen LogP contribution in [0.3, 0.4) is 0 Å². The van der Waals surface area contributed by atoms with Gasteiger partial charge in [0.15, 0.2) is 0 Å². The number of nitrogens with one attached hydrogen (secondary N) is 1. The van der Waals surface area contributed by atoms with Crippen molar-refractivity contribution in [2.75, 3.05) is 39.3 Å². The fraction of sp³-hybridized carbons (Fsp3) is 0.938. The molecule has 0 aromatic heterocycles. The Hall–Kier alpha value is -0.610. The van der Waals surface area contributed by atoms with Gasteiger partial charge >= 0.3 is 0 Å². The molecule has 0 aliphatic carbocycles. The van der Waals surface area contributed by atoms with Crippen molar-refractivity contribution >= 4 is 5.84 Å². The van der Waals surface area contributed by atoms with Crippen LogP contribution in [0.15, 0.2) is 0 Å². The second kappa shape index (κ2) is 7.99. The van der Waals surface area contributed by atoms with Gasteiger partial charge < -0.3 is 15.5 Å². The molecule has 0 aromatic rings. The zero-order chi connectivity index (χ0) is 15.2. The van der Waals surface area contributed by atoms with Gasteiger partial charge in [0.2, 0.25) is 0 Å². The molecule has 0 amide bonds.